The zero-order valence-corrected chi connectivity index (χ0v) is 28.2. The Bertz CT molecular complexity index is 1860. The van der Waals surface area contributed by atoms with E-state index >= 15 is 0 Å². The Morgan fingerprint density at radius 3 is 2.10 bits per heavy atom. The number of carbonyl (C=O) groups excluding carboxylic acids is 3. The maximum absolute atomic E-state index is 13.9. The van der Waals surface area contributed by atoms with Crippen molar-refractivity contribution in [2.24, 2.45) is 10.7 Å². The summed E-state index contributed by atoms with van der Waals surface area (Å²) in [5.74, 6) is -1.28. The zero-order chi connectivity index (χ0) is 36.0. The Kier molecular flexibility index (Phi) is 12.5. The van der Waals surface area contributed by atoms with Gasteiger partial charge in [-0.05, 0) is 53.8 Å². The Balaban J connectivity index is 1.19. The van der Waals surface area contributed by atoms with Gasteiger partial charge in [0.05, 0.1) is 24.3 Å². The number of aromatic nitrogens is 3. The lowest BCUT2D eigenvalue weighted by Gasteiger charge is -2.23. The van der Waals surface area contributed by atoms with E-state index in [2.05, 4.69) is 31.3 Å². The number of hydrogen-bond donors (Lipinski definition) is 5. The molecule has 262 valence electrons. The summed E-state index contributed by atoms with van der Waals surface area (Å²) in [6.07, 6.45) is 2.38. The second-order valence-electron chi connectivity index (χ2n) is 11.9. The van der Waals surface area contributed by atoms with Crippen LogP contribution in [0.5, 0.6) is 5.75 Å². The smallest absolute Gasteiger partial charge is 0.324 e. The highest BCUT2D eigenvalue weighted by Crippen LogP contribution is 2.25. The van der Waals surface area contributed by atoms with Gasteiger partial charge in [0.15, 0.2) is 5.96 Å². The fourth-order valence-corrected chi connectivity index (χ4v) is 5.37. The number of para-hydroxylation sites is 1. The molecule has 0 aliphatic carbocycles. The summed E-state index contributed by atoms with van der Waals surface area (Å²) in [6.45, 7) is 0.596. The minimum Gasteiger partial charge on any atom is -0.508 e. The number of rotatable bonds is 14. The summed E-state index contributed by atoms with van der Waals surface area (Å²) < 4.78 is 1.63. The number of nitrogens with zero attached hydrogens (tertiary/aromatic N) is 5. The largest absolute Gasteiger partial charge is 0.508 e. The van der Waals surface area contributed by atoms with Crippen molar-refractivity contribution in [2.75, 3.05) is 13.6 Å². The second-order valence-corrected chi connectivity index (χ2v) is 11.9. The van der Waals surface area contributed by atoms with Crippen molar-refractivity contribution >= 4 is 23.8 Å². The first kappa shape index (κ1) is 35.8. The van der Waals surface area contributed by atoms with Crippen LogP contribution >= 0.6 is 0 Å². The van der Waals surface area contributed by atoms with Gasteiger partial charge in [-0.25, -0.2) is 9.48 Å². The molecule has 0 spiro atoms. The molecule has 51 heavy (non-hydrogen) atoms. The number of guanidine groups is 1. The minimum absolute atomic E-state index is 0.0784. The standard InChI is InChI=1S/C38H41N9O4/c1-46(25-30-26-47(45-44-30)31-16-9-4-10-17-31)38(51)43-37(39)40-23-11-18-33(35(49)41-24-27-19-21-32(48)22-20-27)42-36(50)34(28-12-5-2-6-13-28)29-14-7-3-8-15-29/h2-10,12-17,19-22,26,33-34,48H,11,18,23-25H2,1H3,(H,41,49)(H,42,50)(H3,39,40,43,51)/t33-/m1/s1. The lowest BCUT2D eigenvalue weighted by Crippen LogP contribution is -2.48. The fourth-order valence-electron chi connectivity index (χ4n) is 5.37. The van der Waals surface area contributed by atoms with E-state index in [9.17, 15) is 19.5 Å². The van der Waals surface area contributed by atoms with E-state index in [0.717, 1.165) is 22.4 Å². The number of amides is 4. The lowest BCUT2D eigenvalue weighted by molar-refractivity contribution is -0.129. The van der Waals surface area contributed by atoms with Gasteiger partial charge in [0, 0.05) is 20.1 Å². The van der Waals surface area contributed by atoms with E-state index in [1.807, 2.05) is 91.0 Å². The Labute approximate surface area is 296 Å². The zero-order valence-electron chi connectivity index (χ0n) is 28.2. The number of hydrogen-bond acceptors (Lipinski definition) is 7. The van der Waals surface area contributed by atoms with Gasteiger partial charge in [0.1, 0.15) is 17.5 Å². The quantitative estimate of drug-likeness (QED) is 0.0668. The van der Waals surface area contributed by atoms with Gasteiger partial charge in [-0.3, -0.25) is 19.9 Å². The van der Waals surface area contributed by atoms with Crippen LogP contribution in [0, 0.1) is 0 Å². The van der Waals surface area contributed by atoms with Gasteiger partial charge in [-0.2, -0.15) is 0 Å². The van der Waals surface area contributed by atoms with Gasteiger partial charge in [-0.15, -0.1) is 5.10 Å². The summed E-state index contributed by atoms with van der Waals surface area (Å²) in [6, 6.07) is 33.4. The van der Waals surface area contributed by atoms with Crippen molar-refractivity contribution in [1.29, 1.82) is 0 Å². The van der Waals surface area contributed by atoms with Crippen molar-refractivity contribution in [3.8, 4) is 11.4 Å². The molecule has 0 aliphatic heterocycles. The number of benzene rings is 4. The molecule has 13 nitrogen and oxygen atoms in total. The molecule has 1 heterocycles. The molecule has 5 aromatic rings. The van der Waals surface area contributed by atoms with Gasteiger partial charge in [0.25, 0.3) is 0 Å². The molecule has 0 unspecified atom stereocenters. The first-order valence-corrected chi connectivity index (χ1v) is 16.5. The van der Waals surface area contributed by atoms with Gasteiger partial charge < -0.3 is 26.4 Å². The molecule has 4 aromatic carbocycles. The molecule has 1 atom stereocenters. The molecule has 0 saturated carbocycles. The van der Waals surface area contributed by atoms with E-state index in [4.69, 9.17) is 5.73 Å². The van der Waals surface area contributed by atoms with Crippen LogP contribution in [0.25, 0.3) is 5.69 Å². The highest BCUT2D eigenvalue weighted by molar-refractivity contribution is 5.95. The average molecular weight is 688 g/mol. The maximum Gasteiger partial charge on any atom is 0.324 e. The first-order chi connectivity index (χ1) is 24.8. The second kappa shape index (κ2) is 17.8. The van der Waals surface area contributed by atoms with E-state index in [-0.39, 0.29) is 49.6 Å². The normalized spacial score (nSPS) is 11.8. The fraction of sp³-hybridized carbons (Fsp3) is 0.211. The number of aliphatic imine (C=N–C) groups is 1. The Morgan fingerprint density at radius 1 is 0.863 bits per heavy atom. The Hall–Kier alpha value is -6.50. The van der Waals surface area contributed by atoms with Crippen LogP contribution in [0.1, 0.15) is 41.1 Å². The molecular formula is C38H41N9O4. The predicted octanol–water partition coefficient (Wildman–Crippen LogP) is 3.84. The number of carbonyl (C=O) groups is 3. The summed E-state index contributed by atoms with van der Waals surface area (Å²) in [5.41, 5.74) is 9.84. The molecule has 0 aliphatic rings. The summed E-state index contributed by atoms with van der Waals surface area (Å²) >= 11 is 0. The molecule has 0 radical (unpaired) electrons. The number of urea groups is 1. The van der Waals surface area contributed by atoms with Crippen LogP contribution in [0.2, 0.25) is 0 Å². The van der Waals surface area contributed by atoms with Crippen LogP contribution in [-0.4, -0.2) is 68.4 Å². The lowest BCUT2D eigenvalue weighted by atomic mass is 9.90. The van der Waals surface area contributed by atoms with Crippen molar-refractivity contribution in [3.05, 3.63) is 144 Å². The van der Waals surface area contributed by atoms with E-state index in [0.29, 0.717) is 12.1 Å². The monoisotopic (exact) mass is 687 g/mol. The topological polar surface area (TPSA) is 180 Å². The average Bonchev–Trinajstić information content (AvgIpc) is 3.62. The van der Waals surface area contributed by atoms with Crippen LogP contribution < -0.4 is 21.7 Å². The predicted molar refractivity (Wildman–Crippen MR) is 194 cm³/mol. The third-order valence-electron chi connectivity index (χ3n) is 8.04. The van der Waals surface area contributed by atoms with E-state index < -0.39 is 18.0 Å². The highest BCUT2D eigenvalue weighted by Gasteiger charge is 2.27. The van der Waals surface area contributed by atoms with Crippen molar-refractivity contribution in [3.63, 3.8) is 0 Å². The number of phenolic OH excluding ortho intramolecular Hbond substituents is 1. The number of phenols is 1. The van der Waals surface area contributed by atoms with Crippen molar-refractivity contribution in [2.45, 2.75) is 37.9 Å². The van der Waals surface area contributed by atoms with Crippen molar-refractivity contribution in [1.82, 2.24) is 35.8 Å². The van der Waals surface area contributed by atoms with Gasteiger partial charge in [-0.1, -0.05) is 96.2 Å². The SMILES string of the molecule is CN(Cc1cn(-c2ccccc2)nn1)C(=O)NC(N)=NCCC[C@@H](NC(=O)C(c1ccccc1)c1ccccc1)C(=O)NCc1ccc(O)cc1. The van der Waals surface area contributed by atoms with Crippen molar-refractivity contribution < 1.29 is 19.5 Å². The highest BCUT2D eigenvalue weighted by atomic mass is 16.3. The van der Waals surface area contributed by atoms with Crippen LogP contribution in [0.15, 0.2) is 126 Å². The molecule has 1 aromatic heterocycles. The number of nitrogens with two attached hydrogens (primary N) is 1. The summed E-state index contributed by atoms with van der Waals surface area (Å²) in [5, 5.41) is 26.3. The summed E-state index contributed by atoms with van der Waals surface area (Å²) in [4.78, 5) is 45.8. The van der Waals surface area contributed by atoms with Crippen LogP contribution in [-0.2, 0) is 22.7 Å². The third kappa shape index (κ3) is 10.5. The molecule has 5 rings (SSSR count). The maximum atomic E-state index is 13.9. The molecule has 6 N–H and O–H groups in total. The first-order valence-electron chi connectivity index (χ1n) is 16.5. The molecule has 4 amide bonds. The van der Waals surface area contributed by atoms with E-state index in [1.54, 1.807) is 42.2 Å². The molecule has 0 saturated heterocycles. The van der Waals surface area contributed by atoms with Crippen LogP contribution in [0.4, 0.5) is 4.79 Å². The number of nitrogens with one attached hydrogen (secondary N) is 3. The third-order valence-corrected chi connectivity index (χ3v) is 8.04. The minimum atomic E-state index is -0.883. The van der Waals surface area contributed by atoms with E-state index in [1.165, 1.54) is 4.90 Å². The Morgan fingerprint density at radius 2 is 1.47 bits per heavy atom. The van der Waals surface area contributed by atoms with Gasteiger partial charge in [0.2, 0.25) is 11.8 Å². The molecule has 0 fully saturated rings. The molecular weight excluding hydrogens is 646 g/mol. The molecule has 13 heteroatoms. The summed E-state index contributed by atoms with van der Waals surface area (Å²) in [7, 11) is 1.60. The number of aromatic hydroxyl groups is 1. The van der Waals surface area contributed by atoms with Crippen LogP contribution in [0.3, 0.4) is 0 Å². The van der Waals surface area contributed by atoms with Gasteiger partial charge >= 0.3 is 6.03 Å². The molecule has 0 bridgehead atoms.